The van der Waals surface area contributed by atoms with Crippen LogP contribution in [0, 0.1) is 6.92 Å². The van der Waals surface area contributed by atoms with E-state index in [2.05, 4.69) is 39.5 Å². The molecule has 0 aliphatic heterocycles. The van der Waals surface area contributed by atoms with Crippen LogP contribution in [-0.4, -0.2) is 25.0 Å². The van der Waals surface area contributed by atoms with Gasteiger partial charge in [-0.3, -0.25) is 4.79 Å². The average Bonchev–Trinajstić information content (AvgIpc) is 3.27. The minimum atomic E-state index is 0.0177. The van der Waals surface area contributed by atoms with Crippen molar-refractivity contribution in [1.82, 2.24) is 10.3 Å². The standard InChI is InChI=1S/C20H23N3O2S/c1-14-22-18(13-26-14)19-10-9-17(25-19)12-21-20(24)11-6-15-4-7-16(8-5-15)23(2)3/h4-5,7-10,13H,6,11-12H2,1-3H3,(H,21,24). The van der Waals surface area contributed by atoms with E-state index in [1.165, 1.54) is 0 Å². The summed E-state index contributed by atoms with van der Waals surface area (Å²) in [6.07, 6.45) is 1.18. The summed E-state index contributed by atoms with van der Waals surface area (Å²) in [5, 5.41) is 5.88. The molecular weight excluding hydrogens is 346 g/mol. The van der Waals surface area contributed by atoms with Crippen LogP contribution in [-0.2, 0) is 17.8 Å². The van der Waals surface area contributed by atoms with Gasteiger partial charge in [-0.25, -0.2) is 4.98 Å². The van der Waals surface area contributed by atoms with Gasteiger partial charge in [0, 0.05) is 31.6 Å². The van der Waals surface area contributed by atoms with Crippen molar-refractivity contribution in [2.24, 2.45) is 0 Å². The second-order valence-electron chi connectivity index (χ2n) is 6.36. The monoisotopic (exact) mass is 369 g/mol. The number of thiazole rings is 1. The van der Waals surface area contributed by atoms with E-state index >= 15 is 0 Å². The first-order chi connectivity index (χ1) is 12.5. The fraction of sp³-hybridized carbons (Fsp3) is 0.300. The van der Waals surface area contributed by atoms with Crippen LogP contribution >= 0.6 is 11.3 Å². The number of carbonyl (C=O) groups is 1. The number of nitrogens with one attached hydrogen (secondary N) is 1. The summed E-state index contributed by atoms with van der Waals surface area (Å²) in [6, 6.07) is 12.0. The molecule has 2 heterocycles. The van der Waals surface area contributed by atoms with Crippen molar-refractivity contribution in [3.63, 3.8) is 0 Å². The van der Waals surface area contributed by atoms with E-state index in [0.29, 0.717) is 13.0 Å². The highest BCUT2D eigenvalue weighted by molar-refractivity contribution is 7.09. The molecule has 1 aromatic carbocycles. The number of rotatable bonds is 7. The number of anilines is 1. The highest BCUT2D eigenvalue weighted by Gasteiger charge is 2.09. The van der Waals surface area contributed by atoms with Crippen LogP contribution in [0.1, 0.15) is 22.8 Å². The lowest BCUT2D eigenvalue weighted by Gasteiger charge is -2.12. The third-order valence-corrected chi connectivity index (χ3v) is 4.86. The Morgan fingerprint density at radius 1 is 1.19 bits per heavy atom. The molecule has 0 saturated heterocycles. The highest BCUT2D eigenvalue weighted by Crippen LogP contribution is 2.23. The van der Waals surface area contributed by atoms with Gasteiger partial charge in [-0.2, -0.15) is 0 Å². The molecule has 0 aliphatic rings. The summed E-state index contributed by atoms with van der Waals surface area (Å²) in [7, 11) is 4.02. The van der Waals surface area contributed by atoms with Crippen molar-refractivity contribution in [3.8, 4) is 11.5 Å². The lowest BCUT2D eigenvalue weighted by Crippen LogP contribution is -2.22. The fourth-order valence-electron chi connectivity index (χ4n) is 2.58. The van der Waals surface area contributed by atoms with Crippen LogP contribution in [0.4, 0.5) is 5.69 Å². The van der Waals surface area contributed by atoms with Crippen molar-refractivity contribution in [2.75, 3.05) is 19.0 Å². The van der Waals surface area contributed by atoms with Gasteiger partial charge in [0.05, 0.1) is 11.6 Å². The van der Waals surface area contributed by atoms with E-state index < -0.39 is 0 Å². The molecule has 0 aliphatic carbocycles. The zero-order chi connectivity index (χ0) is 18.5. The Morgan fingerprint density at radius 2 is 1.96 bits per heavy atom. The van der Waals surface area contributed by atoms with Crippen LogP contribution in [0.25, 0.3) is 11.5 Å². The number of hydrogen-bond donors (Lipinski definition) is 1. The summed E-state index contributed by atoms with van der Waals surface area (Å²) >= 11 is 1.59. The molecule has 2 aromatic heterocycles. The van der Waals surface area contributed by atoms with Gasteiger partial charge in [-0.05, 0) is 43.2 Å². The maximum absolute atomic E-state index is 12.1. The van der Waals surface area contributed by atoms with Crippen molar-refractivity contribution in [1.29, 1.82) is 0 Å². The summed E-state index contributed by atoms with van der Waals surface area (Å²) in [5.74, 6) is 1.48. The van der Waals surface area contributed by atoms with E-state index in [1.54, 1.807) is 11.3 Å². The molecule has 1 N–H and O–H groups in total. The zero-order valence-corrected chi connectivity index (χ0v) is 16.1. The number of aryl methyl sites for hydroxylation is 2. The third kappa shape index (κ3) is 4.73. The third-order valence-electron chi connectivity index (χ3n) is 4.09. The Morgan fingerprint density at radius 3 is 2.62 bits per heavy atom. The number of nitrogens with zero attached hydrogens (tertiary/aromatic N) is 2. The number of furan rings is 1. The van der Waals surface area contributed by atoms with Gasteiger partial charge in [-0.15, -0.1) is 11.3 Å². The minimum absolute atomic E-state index is 0.0177. The van der Waals surface area contributed by atoms with Crippen LogP contribution in [0.2, 0.25) is 0 Å². The van der Waals surface area contributed by atoms with Crippen molar-refractivity contribution in [2.45, 2.75) is 26.3 Å². The molecule has 0 bridgehead atoms. The van der Waals surface area contributed by atoms with Gasteiger partial charge in [0.15, 0.2) is 5.76 Å². The molecule has 0 fully saturated rings. The first-order valence-electron chi connectivity index (χ1n) is 8.55. The highest BCUT2D eigenvalue weighted by atomic mass is 32.1. The molecule has 3 rings (SSSR count). The largest absolute Gasteiger partial charge is 0.458 e. The molecule has 0 saturated carbocycles. The van der Waals surface area contributed by atoms with E-state index in [4.69, 9.17) is 4.42 Å². The normalized spacial score (nSPS) is 10.7. The number of amides is 1. The lowest BCUT2D eigenvalue weighted by molar-refractivity contribution is -0.121. The predicted molar refractivity (Wildman–Crippen MR) is 105 cm³/mol. The van der Waals surface area contributed by atoms with E-state index in [-0.39, 0.29) is 5.91 Å². The van der Waals surface area contributed by atoms with E-state index in [0.717, 1.165) is 39.9 Å². The van der Waals surface area contributed by atoms with Gasteiger partial charge >= 0.3 is 0 Å². The lowest BCUT2D eigenvalue weighted by atomic mass is 10.1. The van der Waals surface area contributed by atoms with Crippen LogP contribution in [0.5, 0.6) is 0 Å². The zero-order valence-electron chi connectivity index (χ0n) is 15.3. The summed E-state index contributed by atoms with van der Waals surface area (Å²) in [6.45, 7) is 2.35. The second-order valence-corrected chi connectivity index (χ2v) is 7.42. The number of benzene rings is 1. The first-order valence-corrected chi connectivity index (χ1v) is 9.43. The Bertz CT molecular complexity index is 865. The minimum Gasteiger partial charge on any atom is -0.458 e. The van der Waals surface area contributed by atoms with Gasteiger partial charge in [-0.1, -0.05) is 12.1 Å². The Labute approximate surface area is 157 Å². The van der Waals surface area contributed by atoms with Crippen LogP contribution < -0.4 is 10.2 Å². The number of carbonyl (C=O) groups excluding carboxylic acids is 1. The fourth-order valence-corrected chi connectivity index (χ4v) is 3.18. The SMILES string of the molecule is Cc1nc(-c2ccc(CNC(=O)CCc3ccc(N(C)C)cc3)o2)cs1. The maximum atomic E-state index is 12.1. The first kappa shape index (κ1) is 18.2. The van der Waals surface area contributed by atoms with Crippen molar-refractivity contribution >= 4 is 22.9 Å². The maximum Gasteiger partial charge on any atom is 0.220 e. The van der Waals surface area contributed by atoms with Crippen LogP contribution in [0.3, 0.4) is 0 Å². The topological polar surface area (TPSA) is 58.4 Å². The molecule has 136 valence electrons. The molecule has 0 unspecified atom stereocenters. The summed E-state index contributed by atoms with van der Waals surface area (Å²) in [5.41, 5.74) is 3.15. The summed E-state index contributed by atoms with van der Waals surface area (Å²) < 4.78 is 5.76. The van der Waals surface area contributed by atoms with E-state index in [1.807, 2.05) is 38.5 Å². The average molecular weight is 369 g/mol. The van der Waals surface area contributed by atoms with Crippen molar-refractivity contribution in [3.05, 3.63) is 58.1 Å². The molecule has 0 radical (unpaired) electrons. The van der Waals surface area contributed by atoms with Gasteiger partial charge < -0.3 is 14.6 Å². The molecule has 5 nitrogen and oxygen atoms in total. The molecule has 6 heteroatoms. The second kappa shape index (κ2) is 8.19. The molecule has 0 atom stereocenters. The summed E-state index contributed by atoms with van der Waals surface area (Å²) in [4.78, 5) is 18.5. The molecule has 0 spiro atoms. The Balaban J connectivity index is 1.46. The molecular formula is C20H23N3O2S. The van der Waals surface area contributed by atoms with E-state index in [9.17, 15) is 4.79 Å². The Hall–Kier alpha value is -2.60. The smallest absolute Gasteiger partial charge is 0.220 e. The van der Waals surface area contributed by atoms with Crippen molar-refractivity contribution < 1.29 is 9.21 Å². The number of hydrogen-bond acceptors (Lipinski definition) is 5. The Kier molecular flexibility index (Phi) is 5.73. The molecule has 26 heavy (non-hydrogen) atoms. The van der Waals surface area contributed by atoms with Gasteiger partial charge in [0.2, 0.25) is 5.91 Å². The molecule has 3 aromatic rings. The quantitative estimate of drug-likeness (QED) is 0.683. The van der Waals surface area contributed by atoms with Crippen LogP contribution in [0.15, 0.2) is 46.2 Å². The number of aromatic nitrogens is 1. The molecule has 1 amide bonds. The van der Waals surface area contributed by atoms with Gasteiger partial charge in [0.25, 0.3) is 0 Å². The van der Waals surface area contributed by atoms with Gasteiger partial charge in [0.1, 0.15) is 11.5 Å². The predicted octanol–water partition coefficient (Wildman–Crippen LogP) is 4.03.